The van der Waals surface area contributed by atoms with Gasteiger partial charge < -0.3 is 10.4 Å². The van der Waals surface area contributed by atoms with Crippen LogP contribution in [0.3, 0.4) is 0 Å². The molecule has 4 heteroatoms. The van der Waals surface area contributed by atoms with Gasteiger partial charge in [-0.3, -0.25) is 9.59 Å². The number of carbonyl (C=O) groups excluding carboxylic acids is 2. The predicted octanol–water partition coefficient (Wildman–Crippen LogP) is 4.24. The maximum atomic E-state index is 12.6. The smallest absolute Gasteiger partial charge is 0.232 e. The number of ketones is 2. The number of fused-ring (bicyclic) bond motifs is 1. The van der Waals surface area contributed by atoms with Crippen molar-refractivity contribution in [3.05, 3.63) is 35.3 Å². The van der Waals surface area contributed by atoms with Crippen LogP contribution >= 0.6 is 0 Å². The third kappa shape index (κ3) is 2.65. The molecule has 2 saturated carbocycles. The number of likely N-dealkylation sites (N-methyl/N-ethyl adjacent to an activating group) is 1. The fraction of sp³-hybridized carbons (Fsp3) is 0.636. The Morgan fingerprint density at radius 3 is 2.65 bits per heavy atom. The van der Waals surface area contributed by atoms with Crippen LogP contribution in [0.4, 0.5) is 0 Å². The first-order valence-corrected chi connectivity index (χ1v) is 9.74. The van der Waals surface area contributed by atoms with Crippen molar-refractivity contribution in [1.29, 1.82) is 0 Å². The van der Waals surface area contributed by atoms with Crippen molar-refractivity contribution in [3.63, 3.8) is 0 Å². The topological polar surface area (TPSA) is 66.4 Å². The Bertz CT molecular complexity index is 732. The number of hydrogen-bond donors (Lipinski definition) is 2. The van der Waals surface area contributed by atoms with E-state index in [0.29, 0.717) is 24.0 Å². The number of allylic oxidation sites excluding steroid dienone is 3. The van der Waals surface area contributed by atoms with Crippen molar-refractivity contribution in [2.45, 2.75) is 59.3 Å². The van der Waals surface area contributed by atoms with Gasteiger partial charge in [0.1, 0.15) is 5.76 Å². The van der Waals surface area contributed by atoms with Gasteiger partial charge in [-0.25, -0.2) is 0 Å². The summed E-state index contributed by atoms with van der Waals surface area (Å²) >= 11 is 0. The standard InChI is InChI=1S/C22H31NO3/c1-13-7-6-8-18-21(13,3)10-9-14(2)22(18,4)12-15-19(25)16(23-5)11-17(24)20(15)26/h11,14,18,23,25H,1,6-10,12H2,2-5H3/t14-,18-,21-,22+/m0/s1. The van der Waals surface area contributed by atoms with Gasteiger partial charge in [0.05, 0.1) is 5.70 Å². The van der Waals surface area contributed by atoms with Gasteiger partial charge in [-0.2, -0.15) is 0 Å². The van der Waals surface area contributed by atoms with Crippen LogP contribution in [-0.4, -0.2) is 23.7 Å². The van der Waals surface area contributed by atoms with Gasteiger partial charge in [-0.15, -0.1) is 0 Å². The Kier molecular flexibility index (Phi) is 4.66. The van der Waals surface area contributed by atoms with Crippen molar-refractivity contribution >= 4 is 11.6 Å². The zero-order valence-corrected chi connectivity index (χ0v) is 16.4. The van der Waals surface area contributed by atoms with Crippen LogP contribution < -0.4 is 5.32 Å². The molecule has 3 rings (SSSR count). The molecule has 4 atom stereocenters. The fourth-order valence-corrected chi connectivity index (χ4v) is 5.68. The molecule has 3 aliphatic rings. The molecule has 0 aromatic carbocycles. The molecule has 0 amide bonds. The number of aliphatic hydroxyl groups is 1. The Morgan fingerprint density at radius 2 is 2.00 bits per heavy atom. The van der Waals surface area contributed by atoms with Gasteiger partial charge in [0.2, 0.25) is 11.6 Å². The summed E-state index contributed by atoms with van der Waals surface area (Å²) in [7, 11) is 1.65. The number of rotatable bonds is 3. The minimum atomic E-state index is -0.558. The van der Waals surface area contributed by atoms with Crippen LogP contribution in [0.1, 0.15) is 59.3 Å². The number of Topliss-reactive ketones (excluding diaryl/α,β-unsaturated/α-hetero) is 1. The van der Waals surface area contributed by atoms with Gasteiger partial charge in [0.15, 0.2) is 0 Å². The van der Waals surface area contributed by atoms with E-state index in [9.17, 15) is 14.7 Å². The summed E-state index contributed by atoms with van der Waals surface area (Å²) in [5.41, 5.74) is 1.88. The van der Waals surface area contributed by atoms with Crippen molar-refractivity contribution < 1.29 is 14.7 Å². The number of carbonyl (C=O) groups is 2. The third-order valence-electron chi connectivity index (χ3n) is 7.71. The van der Waals surface area contributed by atoms with Crippen molar-refractivity contribution in [1.82, 2.24) is 5.32 Å². The molecule has 0 unspecified atom stereocenters. The maximum absolute atomic E-state index is 12.6. The molecular weight excluding hydrogens is 326 g/mol. The quantitative estimate of drug-likeness (QED) is 0.450. The molecule has 0 aromatic heterocycles. The SMILES string of the molecule is C=C1CCC[C@@H]2[C@](C)(CC3=C(O)C(NC)=CC(=O)C3=O)[C@@H](C)CC[C@@]12C. The molecule has 0 heterocycles. The molecule has 3 aliphatic carbocycles. The van der Waals surface area contributed by atoms with E-state index in [-0.39, 0.29) is 22.2 Å². The molecular formula is C22H31NO3. The van der Waals surface area contributed by atoms with E-state index >= 15 is 0 Å². The largest absolute Gasteiger partial charge is 0.505 e. The first-order valence-electron chi connectivity index (χ1n) is 9.74. The highest BCUT2D eigenvalue weighted by Gasteiger charge is 2.54. The Morgan fingerprint density at radius 1 is 1.31 bits per heavy atom. The van der Waals surface area contributed by atoms with Crippen molar-refractivity contribution in [3.8, 4) is 0 Å². The lowest BCUT2D eigenvalue weighted by molar-refractivity contribution is -0.132. The molecule has 0 radical (unpaired) electrons. The van der Waals surface area contributed by atoms with Crippen LogP contribution in [0.2, 0.25) is 0 Å². The van der Waals surface area contributed by atoms with E-state index in [2.05, 4.69) is 32.7 Å². The summed E-state index contributed by atoms with van der Waals surface area (Å²) < 4.78 is 0. The molecule has 0 saturated heterocycles. The Balaban J connectivity index is 2.03. The summed E-state index contributed by atoms with van der Waals surface area (Å²) in [4.78, 5) is 24.7. The van der Waals surface area contributed by atoms with E-state index < -0.39 is 11.6 Å². The van der Waals surface area contributed by atoms with Crippen LogP contribution in [0.15, 0.2) is 35.3 Å². The van der Waals surface area contributed by atoms with Crippen molar-refractivity contribution in [2.24, 2.45) is 22.7 Å². The molecule has 0 bridgehead atoms. The fourth-order valence-electron chi connectivity index (χ4n) is 5.68. The minimum Gasteiger partial charge on any atom is -0.505 e. The average molecular weight is 357 g/mol. The first-order chi connectivity index (χ1) is 12.1. The summed E-state index contributed by atoms with van der Waals surface area (Å²) in [6, 6.07) is 0. The van der Waals surface area contributed by atoms with Crippen LogP contribution in [-0.2, 0) is 9.59 Å². The second-order valence-electron chi connectivity index (χ2n) is 8.92. The summed E-state index contributed by atoms with van der Waals surface area (Å²) in [5.74, 6) is -0.347. The zero-order chi connectivity index (χ0) is 19.3. The van der Waals surface area contributed by atoms with Gasteiger partial charge >= 0.3 is 0 Å². The van der Waals surface area contributed by atoms with E-state index in [1.54, 1.807) is 7.05 Å². The van der Waals surface area contributed by atoms with E-state index in [1.807, 2.05) is 0 Å². The molecule has 142 valence electrons. The van der Waals surface area contributed by atoms with Crippen molar-refractivity contribution in [2.75, 3.05) is 7.05 Å². The minimum absolute atomic E-state index is 0.0626. The Hall–Kier alpha value is -1.84. The normalized spacial score (nSPS) is 38.2. The lowest BCUT2D eigenvalue weighted by Gasteiger charge is -2.59. The number of hydrogen-bond acceptors (Lipinski definition) is 4. The van der Waals surface area contributed by atoms with Gasteiger partial charge in [0, 0.05) is 18.7 Å². The van der Waals surface area contributed by atoms with E-state index in [1.165, 1.54) is 11.6 Å². The Labute approximate surface area is 156 Å². The van der Waals surface area contributed by atoms with Crippen LogP contribution in [0, 0.1) is 22.7 Å². The molecule has 2 fully saturated rings. The molecule has 26 heavy (non-hydrogen) atoms. The van der Waals surface area contributed by atoms with Crippen LogP contribution in [0.25, 0.3) is 0 Å². The first kappa shape index (κ1) is 18.9. The zero-order valence-electron chi connectivity index (χ0n) is 16.4. The lowest BCUT2D eigenvalue weighted by atomic mass is 9.46. The summed E-state index contributed by atoms with van der Waals surface area (Å²) in [6.45, 7) is 11.2. The highest BCUT2D eigenvalue weighted by molar-refractivity contribution is 6.48. The molecule has 0 spiro atoms. The summed E-state index contributed by atoms with van der Waals surface area (Å²) in [5, 5.41) is 13.5. The average Bonchev–Trinajstić information content (AvgIpc) is 2.61. The second kappa shape index (κ2) is 6.40. The van der Waals surface area contributed by atoms with Crippen LogP contribution in [0.5, 0.6) is 0 Å². The molecule has 0 aliphatic heterocycles. The molecule has 0 aromatic rings. The van der Waals surface area contributed by atoms with Gasteiger partial charge in [-0.05, 0) is 61.2 Å². The van der Waals surface area contributed by atoms with E-state index in [4.69, 9.17) is 0 Å². The summed E-state index contributed by atoms with van der Waals surface area (Å²) in [6.07, 6.45) is 7.16. The monoisotopic (exact) mass is 357 g/mol. The van der Waals surface area contributed by atoms with Gasteiger partial charge in [-0.1, -0.05) is 32.9 Å². The number of nitrogens with one attached hydrogen (secondary N) is 1. The third-order valence-corrected chi connectivity index (χ3v) is 7.71. The highest BCUT2D eigenvalue weighted by atomic mass is 16.3. The molecule has 2 N–H and O–H groups in total. The highest BCUT2D eigenvalue weighted by Crippen LogP contribution is 2.63. The number of aliphatic hydroxyl groups excluding tert-OH is 1. The lowest BCUT2D eigenvalue weighted by Crippen LogP contribution is -2.51. The van der Waals surface area contributed by atoms with E-state index in [0.717, 1.165) is 32.1 Å². The second-order valence-corrected chi connectivity index (χ2v) is 8.92. The van der Waals surface area contributed by atoms with Gasteiger partial charge in [0.25, 0.3) is 0 Å². The maximum Gasteiger partial charge on any atom is 0.232 e. The predicted molar refractivity (Wildman–Crippen MR) is 103 cm³/mol. The molecule has 4 nitrogen and oxygen atoms in total.